The van der Waals surface area contributed by atoms with Gasteiger partial charge in [-0.1, -0.05) is 203 Å². The molecule has 18 aromatic rings. The molecule has 2 aliphatic carbocycles. The SMILES string of the molecule is CC(C)(C)c1cccc(-n2c3ccccc3c3ccc(N(c4ccc5c(c4)C(C)(C)c4ccccc4-5)c4ccc5c(c4)oc4cc6cc7c(cc6cc45)oc4cc(N(c5ccc6c(c5)C(C)(C)c5ccccc5-6)c5ccc6c8ccccc8n(-c8cccc(C(C)(C)C)c8)c6c5)ccc47)cc32)c1. The van der Waals surface area contributed by atoms with Gasteiger partial charge < -0.3 is 27.8 Å². The number of anilines is 6. The van der Waals surface area contributed by atoms with E-state index in [0.29, 0.717) is 0 Å². The molecule has 4 aromatic heterocycles. The number of nitrogens with zero attached hydrogens (tertiary/aromatic N) is 4. The van der Waals surface area contributed by atoms with Gasteiger partial charge in [0.2, 0.25) is 0 Å². The number of benzene rings is 14. The molecule has 14 aromatic carbocycles. The number of para-hydroxylation sites is 2. The Morgan fingerprint density at radius 2 is 0.608 bits per heavy atom. The van der Waals surface area contributed by atoms with Crippen LogP contribution in [-0.2, 0) is 21.7 Å². The maximum atomic E-state index is 7.10. The number of hydrogen-bond acceptors (Lipinski definition) is 4. The van der Waals surface area contributed by atoms with E-state index in [1.165, 1.54) is 88.2 Å². The minimum atomic E-state index is -0.194. The molecule has 0 unspecified atom stereocenters. The van der Waals surface area contributed by atoms with E-state index < -0.39 is 0 Å². The average Bonchev–Trinajstić information content (AvgIpc) is 1.58. The van der Waals surface area contributed by atoms with Crippen molar-refractivity contribution in [2.24, 2.45) is 0 Å². The van der Waals surface area contributed by atoms with E-state index in [1.54, 1.807) is 0 Å². The summed E-state index contributed by atoms with van der Waals surface area (Å²) in [7, 11) is 0. The summed E-state index contributed by atoms with van der Waals surface area (Å²) in [5.74, 6) is 0. The van der Waals surface area contributed by atoms with Crippen molar-refractivity contribution in [3.05, 3.63) is 312 Å². The Labute approximate surface area is 593 Å². The number of hydrogen-bond donors (Lipinski definition) is 0. The van der Waals surface area contributed by atoms with Crippen LogP contribution in [0, 0.1) is 0 Å². The maximum absolute atomic E-state index is 7.10. The van der Waals surface area contributed by atoms with E-state index >= 15 is 0 Å². The summed E-state index contributed by atoms with van der Waals surface area (Å²) in [4.78, 5) is 4.86. The third kappa shape index (κ3) is 8.91. The van der Waals surface area contributed by atoms with Gasteiger partial charge in [0, 0.05) is 112 Å². The van der Waals surface area contributed by atoms with Gasteiger partial charge in [0.1, 0.15) is 22.3 Å². The van der Waals surface area contributed by atoms with Crippen molar-refractivity contribution < 1.29 is 8.83 Å². The highest BCUT2D eigenvalue weighted by atomic mass is 16.3. The van der Waals surface area contributed by atoms with Crippen LogP contribution in [-0.4, -0.2) is 9.13 Å². The molecule has 102 heavy (non-hydrogen) atoms. The lowest BCUT2D eigenvalue weighted by Crippen LogP contribution is -2.16. The Morgan fingerprint density at radius 1 is 0.265 bits per heavy atom. The summed E-state index contributed by atoms with van der Waals surface area (Å²) < 4.78 is 19.1. The van der Waals surface area contributed by atoms with Crippen LogP contribution >= 0.6 is 0 Å². The zero-order valence-electron chi connectivity index (χ0n) is 59.2. The molecule has 0 spiro atoms. The van der Waals surface area contributed by atoms with Crippen LogP contribution in [0.15, 0.2) is 288 Å². The van der Waals surface area contributed by atoms with Gasteiger partial charge in [-0.2, -0.15) is 0 Å². The van der Waals surface area contributed by atoms with E-state index in [4.69, 9.17) is 8.83 Å². The molecule has 0 saturated carbocycles. The molecule has 6 heteroatoms. The highest BCUT2D eigenvalue weighted by Crippen LogP contribution is 2.54. The standard InChI is InChI=1S/C96H76N4O2/c1-93(2,3)59-21-19-23-61(49-59)99-85-31-17-13-27-73(85)75-41-35-65(53-87(75)99)97(63-33-39-71-69-25-11-15-29-81(69)95(7,8)83(71)51-63)67-37-43-77-79-45-57-48-90-80(46-58(57)47-89(79)101-91(77)55-67)78-44-38-68(56-92(78)102-90)98(64-34-40-72-70-26-12-16-30-82(70)96(9,10)84(72)52-64)66-36-42-76-74-28-14-18-32-86(74)100(88(76)54-66)62-24-20-22-60(50-62)94(4,5)6/h11-56H,1-10H3. The molecule has 0 aliphatic heterocycles. The van der Waals surface area contributed by atoms with Crippen molar-refractivity contribution in [1.29, 1.82) is 0 Å². The first kappa shape index (κ1) is 60.1. The number of aromatic nitrogens is 2. The van der Waals surface area contributed by atoms with Gasteiger partial charge in [-0.15, -0.1) is 0 Å². The molecule has 0 N–H and O–H groups in total. The number of furan rings is 2. The molecular weight excluding hydrogens is 1240 g/mol. The Hall–Kier alpha value is -11.9. The third-order valence-electron chi connectivity index (χ3n) is 22.9. The predicted octanol–water partition coefficient (Wildman–Crippen LogP) is 27.0. The first-order chi connectivity index (χ1) is 49.3. The van der Waals surface area contributed by atoms with Gasteiger partial charge in [0.05, 0.1) is 22.1 Å². The highest BCUT2D eigenvalue weighted by Gasteiger charge is 2.38. The Kier molecular flexibility index (Phi) is 12.6. The van der Waals surface area contributed by atoms with E-state index in [0.717, 1.165) is 111 Å². The van der Waals surface area contributed by atoms with Gasteiger partial charge in [0.15, 0.2) is 0 Å². The second kappa shape index (κ2) is 21.3. The molecule has 6 nitrogen and oxygen atoms in total. The lowest BCUT2D eigenvalue weighted by Gasteiger charge is -2.28. The van der Waals surface area contributed by atoms with Gasteiger partial charge in [0.25, 0.3) is 0 Å². The monoisotopic (exact) mass is 1320 g/mol. The Balaban J connectivity index is 0.716. The van der Waals surface area contributed by atoms with E-state index in [1.807, 2.05) is 0 Å². The summed E-state index contributed by atoms with van der Waals surface area (Å²) >= 11 is 0. The van der Waals surface area contributed by atoms with Crippen molar-refractivity contribution in [2.75, 3.05) is 9.80 Å². The summed E-state index contributed by atoms with van der Waals surface area (Å²) in [6.45, 7) is 23.2. The van der Waals surface area contributed by atoms with Crippen LogP contribution < -0.4 is 9.80 Å². The van der Waals surface area contributed by atoms with E-state index in [9.17, 15) is 0 Å². The van der Waals surface area contributed by atoms with Crippen molar-refractivity contribution in [3.8, 4) is 33.6 Å². The van der Waals surface area contributed by atoms with Crippen LogP contribution in [0.5, 0.6) is 0 Å². The third-order valence-corrected chi connectivity index (χ3v) is 22.9. The zero-order chi connectivity index (χ0) is 69.0. The fraction of sp³-hybridized carbons (Fsp3) is 0.146. The van der Waals surface area contributed by atoms with Gasteiger partial charge in [-0.05, 0) is 211 Å². The van der Waals surface area contributed by atoms with Crippen LogP contribution in [0.3, 0.4) is 0 Å². The lowest BCUT2D eigenvalue weighted by molar-refractivity contribution is 0.589. The predicted molar refractivity (Wildman–Crippen MR) is 429 cm³/mol. The molecule has 0 radical (unpaired) electrons. The molecule has 2 aliphatic rings. The second-order valence-corrected chi connectivity index (χ2v) is 31.8. The van der Waals surface area contributed by atoms with Crippen LogP contribution in [0.1, 0.15) is 103 Å². The molecule has 4 heterocycles. The minimum Gasteiger partial charge on any atom is -0.456 e. The van der Waals surface area contributed by atoms with Gasteiger partial charge >= 0.3 is 0 Å². The fourth-order valence-electron chi connectivity index (χ4n) is 17.6. The Morgan fingerprint density at radius 3 is 1.04 bits per heavy atom. The van der Waals surface area contributed by atoms with Crippen molar-refractivity contribution in [1.82, 2.24) is 9.13 Å². The smallest absolute Gasteiger partial charge is 0.137 e. The summed E-state index contributed by atoms with van der Waals surface area (Å²) in [6, 6.07) is 104. The minimum absolute atomic E-state index is 0.0158. The Bertz CT molecular complexity index is 6220. The molecule has 0 saturated heterocycles. The van der Waals surface area contributed by atoms with Gasteiger partial charge in [-0.25, -0.2) is 0 Å². The quantitative estimate of drug-likeness (QED) is 0.152. The first-order valence-corrected chi connectivity index (χ1v) is 35.9. The lowest BCUT2D eigenvalue weighted by atomic mass is 9.82. The van der Waals surface area contributed by atoms with Crippen molar-refractivity contribution in [3.63, 3.8) is 0 Å². The fourth-order valence-corrected chi connectivity index (χ4v) is 17.6. The molecule has 492 valence electrons. The molecular formula is C96H76N4O2. The molecule has 20 rings (SSSR count). The van der Waals surface area contributed by atoms with E-state index in [2.05, 4.69) is 367 Å². The largest absolute Gasteiger partial charge is 0.456 e. The zero-order valence-corrected chi connectivity index (χ0v) is 59.2. The number of rotatable bonds is 8. The molecule has 0 atom stereocenters. The van der Waals surface area contributed by atoms with Crippen LogP contribution in [0.4, 0.5) is 34.1 Å². The summed E-state index contributed by atoms with van der Waals surface area (Å²) in [5.41, 5.74) is 29.3. The van der Waals surface area contributed by atoms with Crippen LogP contribution in [0.25, 0.3) is 132 Å². The van der Waals surface area contributed by atoms with Gasteiger partial charge in [-0.3, -0.25) is 0 Å². The van der Waals surface area contributed by atoms with Crippen LogP contribution in [0.2, 0.25) is 0 Å². The highest BCUT2D eigenvalue weighted by molar-refractivity contribution is 6.17. The van der Waals surface area contributed by atoms with E-state index in [-0.39, 0.29) is 21.7 Å². The topological polar surface area (TPSA) is 42.6 Å². The summed E-state index contributed by atoms with van der Waals surface area (Å²) in [6.07, 6.45) is 0. The molecule has 0 fully saturated rings. The van der Waals surface area contributed by atoms with Crippen molar-refractivity contribution >= 4 is 132 Å². The first-order valence-electron chi connectivity index (χ1n) is 35.9. The maximum Gasteiger partial charge on any atom is 0.137 e. The normalized spacial score (nSPS) is 13.9. The second-order valence-electron chi connectivity index (χ2n) is 31.8. The van der Waals surface area contributed by atoms with Crippen molar-refractivity contribution in [2.45, 2.75) is 90.9 Å². The molecule has 0 amide bonds. The summed E-state index contributed by atoms with van der Waals surface area (Å²) in [5, 5.41) is 11.3. The number of fused-ring (bicyclic) bond motifs is 19. The average molecular weight is 1320 g/mol. The molecule has 0 bridgehead atoms.